The first-order chi connectivity index (χ1) is 0. The van der Waals surface area contributed by atoms with Crippen molar-refractivity contribution >= 4 is 17.4 Å². The molecule has 0 rings (SSSR count). The molecule has 0 heterocycles. The zero-order valence-corrected chi connectivity index (χ0v) is 11.1. The molecule has 0 aliphatic heterocycles. The van der Waals surface area contributed by atoms with Gasteiger partial charge in [0.25, 0.3) is 0 Å². The Kier molecular flexibility index (Phi) is 6980. The molecule has 0 aliphatic carbocycles. The molecule has 0 fully saturated rings. The molecule has 0 bridgehead atoms. The van der Waals surface area contributed by atoms with E-state index in [1.54, 1.807) is 0 Å². The van der Waals surface area contributed by atoms with E-state index < -0.39 is 0 Å². The summed E-state index contributed by atoms with van der Waals surface area (Å²) in [6.07, 6.45) is 0. The Morgan fingerprint density at radius 1 is 0.444 bits per heavy atom. The van der Waals surface area contributed by atoms with Crippen LogP contribution >= 0.6 is 0 Å². The summed E-state index contributed by atoms with van der Waals surface area (Å²) < 4.78 is 0. The molecule has 0 aromatic rings. The number of hydrogen-bond acceptors (Lipinski definition) is 6. The quantitative estimate of drug-likeness (QED) is 0.369. The maximum absolute atomic E-state index is 0. The molecule has 9 heteroatoms. The Morgan fingerprint density at radius 2 is 0.444 bits per heavy atom. The molecule has 0 spiro atoms. The molecule has 0 saturated heterocycles. The summed E-state index contributed by atoms with van der Waals surface area (Å²) in [6, 6.07) is 0. The standard InChI is InChI=1S/Al.Na.6H2O.Zn/h;;6*1H2;/q+3;+1;;;;;;;+2/p-6. The van der Waals surface area contributed by atoms with Crippen molar-refractivity contribution in [2.24, 2.45) is 0 Å². The van der Waals surface area contributed by atoms with Gasteiger partial charge in [0.2, 0.25) is 0 Å². The summed E-state index contributed by atoms with van der Waals surface area (Å²) in [6.45, 7) is 0. The van der Waals surface area contributed by atoms with Gasteiger partial charge >= 0.3 is 66.4 Å². The van der Waals surface area contributed by atoms with E-state index in [0.29, 0.717) is 0 Å². The smallest absolute Gasteiger partial charge is 0.870 e. The van der Waals surface area contributed by atoms with Crippen LogP contribution in [0.1, 0.15) is 0 Å². The molecule has 0 unspecified atom stereocenters. The summed E-state index contributed by atoms with van der Waals surface area (Å²) in [7, 11) is 0. The Bertz CT molecular complexity index is 13.0. The van der Waals surface area contributed by atoms with Crippen LogP contribution in [0.2, 0.25) is 0 Å². The van der Waals surface area contributed by atoms with Crippen molar-refractivity contribution in [1.29, 1.82) is 0 Å². The molecule has 0 amide bonds. The van der Waals surface area contributed by atoms with Gasteiger partial charge in [-0.05, 0) is 0 Å². The third-order valence-electron chi connectivity index (χ3n) is 0. The molecule has 0 saturated carbocycles. The predicted octanol–water partition coefficient (Wildman–Crippen LogP) is -4.44. The van der Waals surface area contributed by atoms with Crippen molar-refractivity contribution in [2.75, 3.05) is 0 Å². The monoisotopic (exact) mass is 216 g/mol. The van der Waals surface area contributed by atoms with E-state index in [2.05, 4.69) is 0 Å². The maximum atomic E-state index is 0. The zero-order valence-electron chi connectivity index (χ0n) is 4.97. The Morgan fingerprint density at radius 3 is 0.444 bits per heavy atom. The molecule has 0 atom stereocenters. The van der Waals surface area contributed by atoms with Crippen LogP contribution in [0, 0.1) is 0 Å². The molecule has 0 radical (unpaired) electrons. The van der Waals surface area contributed by atoms with Crippen LogP contribution in [0.25, 0.3) is 0 Å². The molecular formula is H6AlNaO6Zn. The molecule has 6 nitrogen and oxygen atoms in total. The van der Waals surface area contributed by atoms with Crippen LogP contribution in [-0.2, 0) is 19.5 Å². The van der Waals surface area contributed by atoms with Gasteiger partial charge in [-0.25, -0.2) is 0 Å². The summed E-state index contributed by atoms with van der Waals surface area (Å²) in [5.74, 6) is 0. The van der Waals surface area contributed by atoms with E-state index >= 15 is 0 Å². The third-order valence-corrected chi connectivity index (χ3v) is 0. The van der Waals surface area contributed by atoms with Crippen LogP contribution in [0.4, 0.5) is 0 Å². The van der Waals surface area contributed by atoms with E-state index in [1.165, 1.54) is 0 Å². The average molecular weight is 217 g/mol. The normalized spacial score (nSPS) is 0. The fourth-order valence-electron chi connectivity index (χ4n) is 0. The van der Waals surface area contributed by atoms with Crippen LogP contribution < -0.4 is 29.6 Å². The second kappa shape index (κ2) is 215. The van der Waals surface area contributed by atoms with Gasteiger partial charge in [-0.15, -0.1) is 0 Å². The summed E-state index contributed by atoms with van der Waals surface area (Å²) in [5, 5.41) is 0. The Labute approximate surface area is 98.4 Å². The van der Waals surface area contributed by atoms with Crippen molar-refractivity contribution in [3.05, 3.63) is 0 Å². The minimum absolute atomic E-state index is 0. The predicted molar refractivity (Wildman–Crippen MR) is 17.4 cm³/mol. The third kappa shape index (κ3) is 169. The molecule has 48 valence electrons. The minimum Gasteiger partial charge on any atom is -0.870 e. The molecule has 9 heavy (non-hydrogen) atoms. The van der Waals surface area contributed by atoms with Crippen LogP contribution in [0.5, 0.6) is 0 Å². The van der Waals surface area contributed by atoms with E-state index in [4.69, 9.17) is 0 Å². The van der Waals surface area contributed by atoms with Crippen molar-refractivity contribution in [3.63, 3.8) is 0 Å². The number of rotatable bonds is 0. The molecule has 6 N–H and O–H groups in total. The van der Waals surface area contributed by atoms with E-state index in [1.807, 2.05) is 0 Å². The van der Waals surface area contributed by atoms with Gasteiger partial charge in [-0.2, -0.15) is 0 Å². The van der Waals surface area contributed by atoms with E-state index in [0.717, 1.165) is 0 Å². The average Bonchev–Trinajstić information content (AvgIpc) is 0. The van der Waals surface area contributed by atoms with Gasteiger partial charge in [0.1, 0.15) is 0 Å². The van der Waals surface area contributed by atoms with E-state index in [-0.39, 0.29) is 99.3 Å². The van der Waals surface area contributed by atoms with Crippen molar-refractivity contribution in [2.45, 2.75) is 0 Å². The van der Waals surface area contributed by atoms with Crippen molar-refractivity contribution in [1.82, 2.24) is 0 Å². The van der Waals surface area contributed by atoms with Gasteiger partial charge in [0, 0.05) is 0 Å². The maximum Gasteiger partial charge on any atom is 3.00 e. The second-order valence-corrected chi connectivity index (χ2v) is 0. The summed E-state index contributed by atoms with van der Waals surface area (Å²) in [5.41, 5.74) is 0. The van der Waals surface area contributed by atoms with Gasteiger partial charge in [-0.1, -0.05) is 0 Å². The van der Waals surface area contributed by atoms with Gasteiger partial charge in [-0.3, -0.25) is 0 Å². The minimum atomic E-state index is 0. The van der Waals surface area contributed by atoms with Crippen molar-refractivity contribution < 1.29 is 81.9 Å². The summed E-state index contributed by atoms with van der Waals surface area (Å²) in [4.78, 5) is 0. The molecular weight excluding hydrogens is 211 g/mol. The number of hydrogen-bond donors (Lipinski definition) is 0. The van der Waals surface area contributed by atoms with Gasteiger partial charge in [0.05, 0.1) is 0 Å². The molecule has 0 aromatic carbocycles. The first kappa shape index (κ1) is 292. The largest absolute Gasteiger partial charge is 3.00 e. The van der Waals surface area contributed by atoms with Gasteiger partial charge in [0.15, 0.2) is 0 Å². The summed E-state index contributed by atoms with van der Waals surface area (Å²) >= 11 is 0. The fourth-order valence-corrected chi connectivity index (χ4v) is 0. The van der Waals surface area contributed by atoms with Crippen molar-refractivity contribution in [3.8, 4) is 0 Å². The van der Waals surface area contributed by atoms with Crippen LogP contribution in [-0.4, -0.2) is 50.2 Å². The zero-order chi connectivity index (χ0) is 0. The molecule has 0 aliphatic rings. The van der Waals surface area contributed by atoms with Crippen LogP contribution in [0.3, 0.4) is 0 Å². The first-order valence-electron chi connectivity index (χ1n) is 0. The van der Waals surface area contributed by atoms with Crippen LogP contribution in [0.15, 0.2) is 0 Å². The second-order valence-electron chi connectivity index (χ2n) is 0. The Balaban J connectivity index is 0. The van der Waals surface area contributed by atoms with Gasteiger partial charge < -0.3 is 32.9 Å². The topological polar surface area (TPSA) is 180 Å². The van der Waals surface area contributed by atoms with E-state index in [9.17, 15) is 0 Å². The first-order valence-corrected chi connectivity index (χ1v) is 0. The SMILES string of the molecule is [Al+3].[Na+].[OH-].[OH-].[OH-].[OH-].[OH-].[OH-].[Zn+2]. The fraction of sp³-hybridized carbons (Fsp3) is 0. The Hall–Kier alpha value is 1.92. The molecule has 0 aromatic heterocycles.